The molecule has 0 unspecified atom stereocenters. The Bertz CT molecular complexity index is 735. The second kappa shape index (κ2) is 4.37. The van der Waals surface area contributed by atoms with Gasteiger partial charge in [-0.3, -0.25) is 4.98 Å². The van der Waals surface area contributed by atoms with Gasteiger partial charge in [0.15, 0.2) is 0 Å². The van der Waals surface area contributed by atoms with Crippen molar-refractivity contribution in [2.45, 2.75) is 39.5 Å². The number of H-pyrrole nitrogens is 1. The number of nitrogens with zero attached hydrogens (tertiary/aromatic N) is 1. The molecule has 0 atom stereocenters. The molecule has 2 aromatic heterocycles. The molecule has 3 rings (SSSR count). The number of hydrogen-bond donors (Lipinski definition) is 1. The van der Waals surface area contributed by atoms with Crippen molar-refractivity contribution in [1.82, 2.24) is 9.97 Å². The SMILES string of the molecule is CC(C)c1ccc2c(cnc3cc(C(C)C)[nH]c32)c1. The summed E-state index contributed by atoms with van der Waals surface area (Å²) in [4.78, 5) is 8.11. The highest BCUT2D eigenvalue weighted by atomic mass is 14.8. The molecule has 0 radical (unpaired) electrons. The molecule has 1 N–H and O–H groups in total. The summed E-state index contributed by atoms with van der Waals surface area (Å²) in [7, 11) is 0. The van der Waals surface area contributed by atoms with Gasteiger partial charge in [0.1, 0.15) is 0 Å². The highest BCUT2D eigenvalue weighted by Crippen LogP contribution is 2.28. The predicted molar refractivity (Wildman–Crippen MR) is 81.8 cm³/mol. The van der Waals surface area contributed by atoms with Crippen LogP contribution < -0.4 is 0 Å². The molecule has 0 amide bonds. The van der Waals surface area contributed by atoms with Crippen LogP contribution in [0.25, 0.3) is 21.8 Å². The van der Waals surface area contributed by atoms with Crippen molar-refractivity contribution in [3.05, 3.63) is 41.7 Å². The third kappa shape index (κ3) is 2.01. The Hall–Kier alpha value is -1.83. The van der Waals surface area contributed by atoms with E-state index in [1.165, 1.54) is 22.0 Å². The molecule has 2 nitrogen and oxygen atoms in total. The second-order valence-corrected chi connectivity index (χ2v) is 5.90. The van der Waals surface area contributed by atoms with Gasteiger partial charge in [-0.05, 0) is 29.5 Å². The van der Waals surface area contributed by atoms with Crippen molar-refractivity contribution in [2.24, 2.45) is 0 Å². The minimum absolute atomic E-state index is 0.499. The van der Waals surface area contributed by atoms with Gasteiger partial charge in [-0.15, -0.1) is 0 Å². The minimum Gasteiger partial charge on any atom is -0.356 e. The molecule has 0 aliphatic heterocycles. The Balaban J connectivity index is 2.28. The van der Waals surface area contributed by atoms with Gasteiger partial charge < -0.3 is 4.98 Å². The monoisotopic (exact) mass is 252 g/mol. The Labute approximate surface area is 113 Å². The summed E-state index contributed by atoms with van der Waals surface area (Å²) in [6.45, 7) is 8.84. The van der Waals surface area contributed by atoms with Crippen molar-refractivity contribution in [2.75, 3.05) is 0 Å². The Morgan fingerprint density at radius 1 is 1.00 bits per heavy atom. The van der Waals surface area contributed by atoms with E-state index < -0.39 is 0 Å². The van der Waals surface area contributed by atoms with Gasteiger partial charge in [0.2, 0.25) is 0 Å². The van der Waals surface area contributed by atoms with Crippen molar-refractivity contribution in [3.8, 4) is 0 Å². The first-order chi connectivity index (χ1) is 9.06. The highest BCUT2D eigenvalue weighted by Gasteiger charge is 2.09. The van der Waals surface area contributed by atoms with Crippen LogP contribution in [0.3, 0.4) is 0 Å². The average Bonchev–Trinajstić information content (AvgIpc) is 2.82. The summed E-state index contributed by atoms with van der Waals surface area (Å²) >= 11 is 0. The van der Waals surface area contributed by atoms with E-state index in [0.717, 1.165) is 11.0 Å². The summed E-state index contributed by atoms with van der Waals surface area (Å²) in [6, 6.07) is 8.86. The highest BCUT2D eigenvalue weighted by molar-refractivity contribution is 6.03. The first-order valence-electron chi connectivity index (χ1n) is 6.97. The molecule has 0 spiro atoms. The largest absolute Gasteiger partial charge is 0.356 e. The van der Waals surface area contributed by atoms with Crippen LogP contribution in [0.4, 0.5) is 0 Å². The quantitative estimate of drug-likeness (QED) is 0.686. The van der Waals surface area contributed by atoms with Gasteiger partial charge in [0.25, 0.3) is 0 Å². The van der Waals surface area contributed by atoms with Crippen LogP contribution in [0.5, 0.6) is 0 Å². The zero-order valence-corrected chi connectivity index (χ0v) is 12.0. The van der Waals surface area contributed by atoms with E-state index in [0.29, 0.717) is 11.8 Å². The van der Waals surface area contributed by atoms with Gasteiger partial charge in [-0.1, -0.05) is 39.8 Å². The van der Waals surface area contributed by atoms with Crippen molar-refractivity contribution in [3.63, 3.8) is 0 Å². The number of aromatic nitrogens is 2. The van der Waals surface area contributed by atoms with E-state index >= 15 is 0 Å². The first-order valence-corrected chi connectivity index (χ1v) is 6.97. The topological polar surface area (TPSA) is 28.7 Å². The molecule has 0 aliphatic carbocycles. The molecule has 0 saturated carbocycles. The Morgan fingerprint density at radius 3 is 2.47 bits per heavy atom. The zero-order valence-electron chi connectivity index (χ0n) is 12.0. The molecule has 2 heterocycles. The fourth-order valence-corrected chi connectivity index (χ4v) is 2.50. The molecule has 0 saturated heterocycles. The zero-order chi connectivity index (χ0) is 13.6. The summed E-state index contributed by atoms with van der Waals surface area (Å²) < 4.78 is 0. The molecular formula is C17H20N2. The Kier molecular flexibility index (Phi) is 2.81. The fraction of sp³-hybridized carbons (Fsp3) is 0.353. The lowest BCUT2D eigenvalue weighted by atomic mass is 10.00. The summed E-state index contributed by atoms with van der Waals surface area (Å²) in [5.41, 5.74) is 4.84. The van der Waals surface area contributed by atoms with Crippen LogP contribution in [-0.2, 0) is 0 Å². The Morgan fingerprint density at radius 2 is 1.79 bits per heavy atom. The van der Waals surface area contributed by atoms with Crippen LogP contribution in [0.1, 0.15) is 50.8 Å². The van der Waals surface area contributed by atoms with E-state index in [4.69, 9.17) is 0 Å². The number of fused-ring (bicyclic) bond motifs is 3. The predicted octanol–water partition coefficient (Wildman–Crippen LogP) is 4.96. The molecule has 0 aliphatic rings. The maximum absolute atomic E-state index is 4.58. The molecule has 3 aromatic rings. The van der Waals surface area contributed by atoms with E-state index in [9.17, 15) is 0 Å². The van der Waals surface area contributed by atoms with E-state index in [1.54, 1.807) is 0 Å². The van der Waals surface area contributed by atoms with Crippen molar-refractivity contribution < 1.29 is 0 Å². The van der Waals surface area contributed by atoms with E-state index in [2.05, 4.69) is 61.9 Å². The minimum atomic E-state index is 0.499. The third-order valence-electron chi connectivity index (χ3n) is 3.79. The fourth-order valence-electron chi connectivity index (χ4n) is 2.50. The number of pyridine rings is 1. The van der Waals surface area contributed by atoms with Crippen molar-refractivity contribution in [1.29, 1.82) is 0 Å². The lowest BCUT2D eigenvalue weighted by Crippen LogP contribution is -1.88. The number of benzene rings is 1. The summed E-state index contributed by atoms with van der Waals surface area (Å²) in [5, 5.41) is 2.48. The molecule has 0 bridgehead atoms. The summed E-state index contributed by atoms with van der Waals surface area (Å²) in [6.07, 6.45) is 1.99. The van der Waals surface area contributed by atoms with E-state index in [1.807, 2.05) is 6.20 Å². The molecule has 2 heteroatoms. The number of nitrogens with one attached hydrogen (secondary N) is 1. The van der Waals surface area contributed by atoms with Gasteiger partial charge in [-0.2, -0.15) is 0 Å². The standard InChI is InChI=1S/C17H20N2/c1-10(2)12-5-6-14-13(7-12)9-18-16-8-15(11(3)4)19-17(14)16/h5-11,19H,1-4H3. The van der Waals surface area contributed by atoms with E-state index in [-0.39, 0.29) is 0 Å². The van der Waals surface area contributed by atoms with Gasteiger partial charge >= 0.3 is 0 Å². The number of aromatic amines is 1. The maximum Gasteiger partial charge on any atom is 0.0888 e. The van der Waals surface area contributed by atoms with Gasteiger partial charge in [-0.25, -0.2) is 0 Å². The summed E-state index contributed by atoms with van der Waals surface area (Å²) in [5.74, 6) is 1.05. The third-order valence-corrected chi connectivity index (χ3v) is 3.79. The van der Waals surface area contributed by atoms with Crippen LogP contribution in [0.2, 0.25) is 0 Å². The van der Waals surface area contributed by atoms with Gasteiger partial charge in [0.05, 0.1) is 11.0 Å². The molecule has 98 valence electrons. The number of hydrogen-bond acceptors (Lipinski definition) is 1. The second-order valence-electron chi connectivity index (χ2n) is 5.90. The maximum atomic E-state index is 4.58. The van der Waals surface area contributed by atoms with Crippen molar-refractivity contribution >= 4 is 21.8 Å². The van der Waals surface area contributed by atoms with Crippen LogP contribution >= 0.6 is 0 Å². The van der Waals surface area contributed by atoms with Gasteiger partial charge in [0, 0.05) is 22.7 Å². The average molecular weight is 252 g/mol. The first kappa shape index (κ1) is 12.2. The lowest BCUT2D eigenvalue weighted by Gasteiger charge is -2.07. The van der Waals surface area contributed by atoms with Crippen LogP contribution in [-0.4, -0.2) is 9.97 Å². The van der Waals surface area contributed by atoms with Crippen LogP contribution in [0.15, 0.2) is 30.5 Å². The normalized spacial score (nSPS) is 12.1. The molecule has 1 aromatic carbocycles. The smallest absolute Gasteiger partial charge is 0.0888 e. The molecular weight excluding hydrogens is 232 g/mol. The molecule has 19 heavy (non-hydrogen) atoms. The lowest BCUT2D eigenvalue weighted by molar-refractivity contribution is 0.837. The number of rotatable bonds is 2. The molecule has 0 fully saturated rings. The van der Waals surface area contributed by atoms with Crippen LogP contribution in [0, 0.1) is 0 Å².